The van der Waals surface area contributed by atoms with E-state index in [1.807, 2.05) is 12.1 Å². The number of sulfonamides is 1. The number of amides is 1. The maximum absolute atomic E-state index is 13.3. The highest BCUT2D eigenvalue weighted by Gasteiger charge is 2.38. The summed E-state index contributed by atoms with van der Waals surface area (Å²) >= 11 is 0. The number of aromatic nitrogens is 1. The van der Waals surface area contributed by atoms with Gasteiger partial charge in [0.05, 0.1) is 4.90 Å². The Bertz CT molecular complexity index is 1150. The van der Waals surface area contributed by atoms with Gasteiger partial charge in [-0.1, -0.05) is 30.3 Å². The summed E-state index contributed by atoms with van der Waals surface area (Å²) in [5.41, 5.74) is 6.72. The van der Waals surface area contributed by atoms with Gasteiger partial charge in [0.15, 0.2) is 6.23 Å². The largest absolute Gasteiger partial charge is 0.439 e. The molecule has 1 aliphatic heterocycles. The number of primary amides is 1. The molecule has 1 amide bonds. The number of hydrogen-bond acceptors (Lipinski definition) is 6. The SMILES string of the molecule is NC(=O)O[C@@H]1c2ccccc2CCN1S(=O)(=O)c1ccc(Oc2ccccn2)cc1. The number of pyridine rings is 1. The Morgan fingerprint density at radius 3 is 2.47 bits per heavy atom. The van der Waals surface area contributed by atoms with Gasteiger partial charge in [-0.25, -0.2) is 18.2 Å². The topological polar surface area (TPSA) is 112 Å². The lowest BCUT2D eigenvalue weighted by Gasteiger charge is -2.35. The predicted molar refractivity (Wildman–Crippen MR) is 108 cm³/mol. The first kappa shape index (κ1) is 19.9. The van der Waals surface area contributed by atoms with Gasteiger partial charge in [0.1, 0.15) is 5.75 Å². The van der Waals surface area contributed by atoms with Gasteiger partial charge in [-0.15, -0.1) is 0 Å². The molecule has 154 valence electrons. The fraction of sp³-hybridized carbons (Fsp3) is 0.143. The summed E-state index contributed by atoms with van der Waals surface area (Å²) < 4.78 is 38.5. The molecule has 8 nitrogen and oxygen atoms in total. The van der Waals surface area contributed by atoms with Gasteiger partial charge in [-0.3, -0.25) is 0 Å². The van der Waals surface area contributed by atoms with E-state index in [0.29, 0.717) is 23.6 Å². The quantitative estimate of drug-likeness (QED) is 0.672. The molecule has 2 heterocycles. The molecule has 3 aromatic rings. The van der Waals surface area contributed by atoms with Gasteiger partial charge >= 0.3 is 6.09 Å². The van der Waals surface area contributed by atoms with Crippen molar-refractivity contribution in [3.63, 3.8) is 0 Å². The van der Waals surface area contributed by atoms with E-state index >= 15 is 0 Å². The van der Waals surface area contributed by atoms with Crippen LogP contribution in [0.2, 0.25) is 0 Å². The summed E-state index contributed by atoms with van der Waals surface area (Å²) in [4.78, 5) is 15.6. The van der Waals surface area contributed by atoms with Gasteiger partial charge in [-0.2, -0.15) is 4.31 Å². The number of benzene rings is 2. The summed E-state index contributed by atoms with van der Waals surface area (Å²) in [6, 6.07) is 18.4. The highest BCUT2D eigenvalue weighted by molar-refractivity contribution is 7.89. The Morgan fingerprint density at radius 1 is 1.03 bits per heavy atom. The van der Waals surface area contributed by atoms with E-state index in [4.69, 9.17) is 15.2 Å². The Hall–Kier alpha value is -3.43. The Morgan fingerprint density at radius 2 is 1.77 bits per heavy atom. The molecule has 0 spiro atoms. The zero-order valence-corrected chi connectivity index (χ0v) is 16.7. The van der Waals surface area contributed by atoms with Crippen molar-refractivity contribution in [3.8, 4) is 11.6 Å². The van der Waals surface area contributed by atoms with E-state index in [1.165, 1.54) is 12.1 Å². The molecule has 0 bridgehead atoms. The zero-order valence-electron chi connectivity index (χ0n) is 15.8. The molecule has 0 radical (unpaired) electrons. The van der Waals surface area contributed by atoms with Crippen LogP contribution in [0.4, 0.5) is 4.79 Å². The number of nitrogens with zero attached hydrogens (tertiary/aromatic N) is 2. The van der Waals surface area contributed by atoms with E-state index in [2.05, 4.69) is 4.98 Å². The van der Waals surface area contributed by atoms with Gasteiger partial charge in [0, 0.05) is 24.4 Å². The third kappa shape index (κ3) is 3.98. The summed E-state index contributed by atoms with van der Waals surface area (Å²) in [5.74, 6) is 0.845. The van der Waals surface area contributed by atoms with Crippen LogP contribution in [0.5, 0.6) is 11.6 Å². The lowest BCUT2D eigenvalue weighted by molar-refractivity contribution is 0.0295. The monoisotopic (exact) mass is 425 g/mol. The summed E-state index contributed by atoms with van der Waals surface area (Å²) in [6.07, 6.45) is -0.0752. The van der Waals surface area contributed by atoms with Crippen molar-refractivity contribution in [2.75, 3.05) is 6.54 Å². The van der Waals surface area contributed by atoms with Crippen molar-refractivity contribution in [1.82, 2.24) is 9.29 Å². The van der Waals surface area contributed by atoms with Crippen LogP contribution in [0.1, 0.15) is 17.4 Å². The van der Waals surface area contributed by atoms with Crippen molar-refractivity contribution in [3.05, 3.63) is 84.1 Å². The second-order valence-corrected chi connectivity index (χ2v) is 8.49. The smallest absolute Gasteiger partial charge is 0.406 e. The first-order chi connectivity index (χ1) is 14.4. The Balaban J connectivity index is 1.62. The van der Waals surface area contributed by atoms with E-state index in [9.17, 15) is 13.2 Å². The second kappa shape index (κ2) is 8.13. The molecule has 2 aromatic carbocycles. The Kier molecular flexibility index (Phi) is 5.39. The van der Waals surface area contributed by atoms with Crippen LogP contribution in [-0.2, 0) is 21.2 Å². The van der Waals surface area contributed by atoms with Gasteiger partial charge in [-0.05, 0) is 42.3 Å². The standard InChI is InChI=1S/C21H19N3O5S/c22-21(25)29-20-18-6-2-1-5-15(18)12-14-24(20)30(26,27)17-10-8-16(9-11-17)28-19-7-3-4-13-23-19/h1-11,13,20H,12,14H2,(H2,22,25)/t20-/m1/s1. The van der Waals surface area contributed by atoms with Crippen LogP contribution in [0.25, 0.3) is 0 Å². The molecule has 0 aliphatic carbocycles. The lowest BCUT2D eigenvalue weighted by Crippen LogP contribution is -2.42. The molecule has 1 aromatic heterocycles. The normalized spacial score (nSPS) is 16.5. The fourth-order valence-corrected chi connectivity index (χ4v) is 4.82. The number of carbonyl (C=O) groups excluding carboxylic acids is 1. The number of carbonyl (C=O) groups is 1. The summed E-state index contributed by atoms with van der Waals surface area (Å²) in [7, 11) is -3.96. The summed E-state index contributed by atoms with van der Waals surface area (Å²) in [5, 5.41) is 0. The van der Waals surface area contributed by atoms with E-state index in [-0.39, 0.29) is 11.4 Å². The first-order valence-electron chi connectivity index (χ1n) is 9.20. The predicted octanol–water partition coefficient (Wildman–Crippen LogP) is 3.21. The van der Waals surface area contributed by atoms with Crippen LogP contribution in [0.3, 0.4) is 0 Å². The minimum atomic E-state index is -3.96. The molecule has 0 saturated carbocycles. The molecule has 0 saturated heterocycles. The van der Waals surface area contributed by atoms with Crippen LogP contribution < -0.4 is 10.5 Å². The van der Waals surface area contributed by atoms with Crippen molar-refractivity contribution in [2.45, 2.75) is 17.5 Å². The van der Waals surface area contributed by atoms with Crippen LogP contribution in [-0.4, -0.2) is 30.3 Å². The van der Waals surface area contributed by atoms with Crippen LogP contribution in [0.15, 0.2) is 77.8 Å². The number of rotatable bonds is 5. The van der Waals surface area contributed by atoms with Gasteiger partial charge < -0.3 is 15.2 Å². The van der Waals surface area contributed by atoms with Gasteiger partial charge in [0.25, 0.3) is 0 Å². The fourth-order valence-electron chi connectivity index (χ4n) is 3.33. The van der Waals surface area contributed by atoms with E-state index in [1.54, 1.807) is 48.7 Å². The molecule has 9 heteroatoms. The molecule has 30 heavy (non-hydrogen) atoms. The minimum Gasteiger partial charge on any atom is -0.439 e. The van der Waals surface area contributed by atoms with Crippen molar-refractivity contribution >= 4 is 16.1 Å². The molecule has 1 atom stereocenters. The van der Waals surface area contributed by atoms with Crippen molar-refractivity contribution < 1.29 is 22.7 Å². The molecular weight excluding hydrogens is 406 g/mol. The third-order valence-electron chi connectivity index (χ3n) is 4.70. The minimum absolute atomic E-state index is 0.0494. The Labute approximate surface area is 173 Å². The van der Waals surface area contributed by atoms with Gasteiger partial charge in [0.2, 0.25) is 15.9 Å². The number of hydrogen-bond donors (Lipinski definition) is 1. The molecular formula is C21H19N3O5S. The van der Waals surface area contributed by atoms with Crippen LogP contribution in [0, 0.1) is 0 Å². The maximum atomic E-state index is 13.3. The molecule has 0 fully saturated rings. The highest BCUT2D eigenvalue weighted by Crippen LogP contribution is 2.35. The average Bonchev–Trinajstić information content (AvgIpc) is 2.74. The number of nitrogens with two attached hydrogens (primary N) is 1. The number of fused-ring (bicyclic) bond motifs is 1. The molecule has 4 rings (SSSR count). The highest BCUT2D eigenvalue weighted by atomic mass is 32.2. The van der Waals surface area contributed by atoms with Crippen LogP contribution >= 0.6 is 0 Å². The second-order valence-electron chi connectivity index (χ2n) is 6.60. The van der Waals surface area contributed by atoms with E-state index in [0.717, 1.165) is 9.87 Å². The maximum Gasteiger partial charge on any atom is 0.406 e. The molecule has 2 N–H and O–H groups in total. The zero-order chi connectivity index (χ0) is 21.1. The van der Waals surface area contributed by atoms with Crippen molar-refractivity contribution in [2.24, 2.45) is 5.73 Å². The lowest BCUT2D eigenvalue weighted by atomic mass is 10.00. The van der Waals surface area contributed by atoms with E-state index < -0.39 is 22.3 Å². The molecule has 1 aliphatic rings. The first-order valence-corrected chi connectivity index (χ1v) is 10.6. The third-order valence-corrected chi connectivity index (χ3v) is 6.56. The van der Waals surface area contributed by atoms with Crippen molar-refractivity contribution in [1.29, 1.82) is 0 Å². The number of ether oxygens (including phenoxy) is 2. The molecule has 0 unspecified atom stereocenters. The average molecular weight is 425 g/mol. The summed E-state index contributed by atoms with van der Waals surface area (Å²) in [6.45, 7) is 0.156.